The number of hydrogen-bond acceptors (Lipinski definition) is 6. The predicted molar refractivity (Wildman–Crippen MR) is 88.2 cm³/mol. The van der Waals surface area contributed by atoms with Crippen LogP contribution in [0.15, 0.2) is 21.2 Å². The van der Waals surface area contributed by atoms with E-state index in [2.05, 4.69) is 31.6 Å². The van der Waals surface area contributed by atoms with Crippen molar-refractivity contribution in [2.45, 2.75) is 32.7 Å². The molecule has 1 aliphatic carbocycles. The Morgan fingerprint density at radius 3 is 2.12 bits per heavy atom. The van der Waals surface area contributed by atoms with Crippen LogP contribution >= 0.6 is 0 Å². The second-order valence-electron chi connectivity index (χ2n) is 6.02. The van der Waals surface area contributed by atoms with E-state index in [0.29, 0.717) is 35.6 Å². The summed E-state index contributed by atoms with van der Waals surface area (Å²) in [6.07, 6.45) is 2.03. The molecule has 0 aliphatic heterocycles. The van der Waals surface area contributed by atoms with E-state index in [1.165, 1.54) is 0 Å². The summed E-state index contributed by atoms with van der Waals surface area (Å²) in [5.74, 6) is 2.24. The van der Waals surface area contributed by atoms with Crippen LogP contribution in [0.5, 0.6) is 0 Å². The van der Waals surface area contributed by atoms with Gasteiger partial charge in [0, 0.05) is 18.7 Å². The van der Waals surface area contributed by atoms with E-state index >= 15 is 0 Å². The zero-order valence-corrected chi connectivity index (χ0v) is 14.0. The second-order valence-corrected chi connectivity index (χ2v) is 6.02. The lowest BCUT2D eigenvalue weighted by atomic mass is 10.2. The molecule has 0 aromatic carbocycles. The summed E-state index contributed by atoms with van der Waals surface area (Å²) in [6.45, 7) is 3.78. The highest BCUT2D eigenvalue weighted by Crippen LogP contribution is 2.32. The summed E-state index contributed by atoms with van der Waals surface area (Å²) in [4.78, 5) is 23.9. The van der Waals surface area contributed by atoms with Crippen LogP contribution in [0.2, 0.25) is 0 Å². The minimum atomic E-state index is -0.409. The zero-order valence-electron chi connectivity index (χ0n) is 14.0. The highest BCUT2D eigenvalue weighted by molar-refractivity contribution is 5.89. The summed E-state index contributed by atoms with van der Waals surface area (Å²) in [7, 11) is 0. The first kappa shape index (κ1) is 16.8. The molecule has 2 aromatic rings. The topological polar surface area (TPSA) is 134 Å². The summed E-state index contributed by atoms with van der Waals surface area (Å²) < 4.78 is 9.77. The molecule has 0 bridgehead atoms. The van der Waals surface area contributed by atoms with Crippen molar-refractivity contribution < 1.29 is 18.6 Å². The van der Waals surface area contributed by atoms with Gasteiger partial charge in [-0.3, -0.25) is 10.6 Å². The number of amides is 4. The number of hydrogen-bond donors (Lipinski definition) is 4. The fourth-order valence-corrected chi connectivity index (χ4v) is 2.37. The molecule has 0 spiro atoms. The lowest BCUT2D eigenvalue weighted by molar-refractivity contribution is 0.241. The third-order valence-corrected chi connectivity index (χ3v) is 3.73. The van der Waals surface area contributed by atoms with Gasteiger partial charge in [-0.05, 0) is 32.6 Å². The molecule has 0 saturated heterocycles. The number of aryl methyl sites for hydroxylation is 2. The molecule has 1 aliphatic rings. The molecule has 10 heteroatoms. The van der Waals surface area contributed by atoms with Gasteiger partial charge >= 0.3 is 12.1 Å². The molecule has 2 aromatic heterocycles. The molecule has 0 radical (unpaired) electrons. The van der Waals surface area contributed by atoms with E-state index < -0.39 is 6.03 Å². The van der Waals surface area contributed by atoms with Crippen LogP contribution in [0.1, 0.15) is 24.4 Å². The standard InChI is InChI=1S/C15H20N6O4/c1-8-5-12(20-24-8)18-14(22)16-7-11(10-3-4-10)17-15(23)19-13-6-9(2)25-21-13/h5-6,10-11H,3-4,7H2,1-2H3,(H2,16,18,20,22)(H2,17,19,21,23)/t11-/m0/s1. The predicted octanol–water partition coefficient (Wildman–Crippen LogP) is 2.00. The summed E-state index contributed by atoms with van der Waals surface area (Å²) in [5.41, 5.74) is 0. The van der Waals surface area contributed by atoms with Crippen molar-refractivity contribution in [3.05, 3.63) is 23.7 Å². The number of anilines is 2. The van der Waals surface area contributed by atoms with Gasteiger partial charge in [0.1, 0.15) is 11.5 Å². The Hall–Kier alpha value is -3.04. The van der Waals surface area contributed by atoms with Crippen LogP contribution in [-0.2, 0) is 0 Å². The van der Waals surface area contributed by atoms with Gasteiger partial charge in [0.15, 0.2) is 11.6 Å². The third kappa shape index (κ3) is 4.96. The van der Waals surface area contributed by atoms with Crippen molar-refractivity contribution >= 4 is 23.7 Å². The van der Waals surface area contributed by atoms with Gasteiger partial charge < -0.3 is 19.7 Å². The maximum atomic E-state index is 12.0. The maximum absolute atomic E-state index is 12.0. The molecule has 3 rings (SSSR count). The maximum Gasteiger partial charge on any atom is 0.320 e. The van der Waals surface area contributed by atoms with Gasteiger partial charge in [-0.25, -0.2) is 9.59 Å². The van der Waals surface area contributed by atoms with Crippen molar-refractivity contribution in [2.75, 3.05) is 17.2 Å². The molecule has 25 heavy (non-hydrogen) atoms. The van der Waals surface area contributed by atoms with Gasteiger partial charge in [0.05, 0.1) is 6.04 Å². The molecule has 1 saturated carbocycles. The quantitative estimate of drug-likeness (QED) is 0.631. The van der Waals surface area contributed by atoms with Crippen LogP contribution < -0.4 is 21.3 Å². The number of carbonyl (C=O) groups is 2. The summed E-state index contributed by atoms with van der Waals surface area (Å²) in [5, 5.41) is 18.1. The molecular formula is C15H20N6O4. The van der Waals surface area contributed by atoms with Crippen LogP contribution in [0.25, 0.3) is 0 Å². The number of carbonyl (C=O) groups excluding carboxylic acids is 2. The van der Waals surface area contributed by atoms with E-state index in [1.807, 2.05) is 0 Å². The third-order valence-electron chi connectivity index (χ3n) is 3.73. The Morgan fingerprint density at radius 2 is 1.64 bits per heavy atom. The van der Waals surface area contributed by atoms with Gasteiger partial charge in [0.25, 0.3) is 0 Å². The largest absolute Gasteiger partial charge is 0.360 e. The molecule has 4 N–H and O–H groups in total. The molecule has 1 atom stereocenters. The van der Waals surface area contributed by atoms with Crippen LogP contribution in [0.4, 0.5) is 21.2 Å². The number of urea groups is 2. The number of aromatic nitrogens is 2. The van der Waals surface area contributed by atoms with E-state index in [0.717, 1.165) is 12.8 Å². The molecule has 4 amide bonds. The normalized spacial score (nSPS) is 14.6. The fourth-order valence-electron chi connectivity index (χ4n) is 2.37. The fraction of sp³-hybridized carbons (Fsp3) is 0.467. The first-order chi connectivity index (χ1) is 12.0. The Balaban J connectivity index is 1.46. The summed E-state index contributed by atoms with van der Waals surface area (Å²) in [6, 6.07) is 2.27. The van der Waals surface area contributed by atoms with Crippen molar-refractivity contribution in [2.24, 2.45) is 5.92 Å². The molecule has 2 heterocycles. The Bertz CT molecular complexity index is 751. The van der Waals surface area contributed by atoms with E-state index in [4.69, 9.17) is 9.05 Å². The molecule has 0 unspecified atom stereocenters. The highest BCUT2D eigenvalue weighted by atomic mass is 16.5. The number of nitrogens with zero attached hydrogens (tertiary/aromatic N) is 2. The van der Waals surface area contributed by atoms with Crippen molar-refractivity contribution in [3.63, 3.8) is 0 Å². The SMILES string of the molecule is Cc1cc(NC(=O)NC[C@H](NC(=O)Nc2cc(C)on2)C2CC2)no1. The number of rotatable bonds is 6. The summed E-state index contributed by atoms with van der Waals surface area (Å²) >= 11 is 0. The Kier molecular flexibility index (Phi) is 4.87. The molecular weight excluding hydrogens is 328 g/mol. The van der Waals surface area contributed by atoms with Crippen LogP contribution in [0.3, 0.4) is 0 Å². The first-order valence-electron chi connectivity index (χ1n) is 7.98. The second kappa shape index (κ2) is 7.24. The highest BCUT2D eigenvalue weighted by Gasteiger charge is 2.32. The molecule has 134 valence electrons. The Labute approximate surface area is 143 Å². The van der Waals surface area contributed by atoms with E-state index in [1.54, 1.807) is 26.0 Å². The average molecular weight is 348 g/mol. The van der Waals surface area contributed by atoms with E-state index in [9.17, 15) is 9.59 Å². The minimum Gasteiger partial charge on any atom is -0.360 e. The smallest absolute Gasteiger partial charge is 0.320 e. The van der Waals surface area contributed by atoms with Crippen molar-refractivity contribution in [1.82, 2.24) is 20.9 Å². The first-order valence-corrected chi connectivity index (χ1v) is 7.98. The number of nitrogens with one attached hydrogen (secondary N) is 4. The average Bonchev–Trinajstić information content (AvgIpc) is 3.21. The monoisotopic (exact) mass is 348 g/mol. The van der Waals surface area contributed by atoms with Crippen LogP contribution in [-0.4, -0.2) is 35.0 Å². The van der Waals surface area contributed by atoms with Gasteiger partial charge in [-0.15, -0.1) is 0 Å². The van der Waals surface area contributed by atoms with Gasteiger partial charge in [-0.2, -0.15) is 0 Å². The van der Waals surface area contributed by atoms with E-state index in [-0.39, 0.29) is 12.1 Å². The lowest BCUT2D eigenvalue weighted by Crippen LogP contribution is -2.47. The Morgan fingerprint density at radius 1 is 1.08 bits per heavy atom. The molecule has 1 fully saturated rings. The minimum absolute atomic E-state index is 0.169. The van der Waals surface area contributed by atoms with Gasteiger partial charge in [-0.1, -0.05) is 10.3 Å². The lowest BCUT2D eigenvalue weighted by Gasteiger charge is -2.18. The van der Waals surface area contributed by atoms with Crippen molar-refractivity contribution in [3.8, 4) is 0 Å². The van der Waals surface area contributed by atoms with Crippen LogP contribution in [0, 0.1) is 19.8 Å². The zero-order chi connectivity index (χ0) is 17.8. The van der Waals surface area contributed by atoms with Crippen molar-refractivity contribution in [1.29, 1.82) is 0 Å². The van der Waals surface area contributed by atoms with Gasteiger partial charge in [0.2, 0.25) is 0 Å². The molecule has 10 nitrogen and oxygen atoms in total.